The Morgan fingerprint density at radius 2 is 1.90 bits per heavy atom. The largest absolute Gasteiger partial charge is 0.329 e. The van der Waals surface area contributed by atoms with Crippen LogP contribution < -0.4 is 0 Å². The number of rotatable bonds is 3. The van der Waals surface area contributed by atoms with E-state index in [4.69, 9.17) is 9.05 Å². The molecular formula is C12H8BrFN4O2. The predicted octanol–water partition coefficient (Wildman–Crippen LogP) is 3.25. The summed E-state index contributed by atoms with van der Waals surface area (Å²) in [4.78, 5) is 8.25. The fourth-order valence-corrected chi connectivity index (χ4v) is 1.93. The van der Waals surface area contributed by atoms with Crippen LogP contribution in [0.25, 0.3) is 23.2 Å². The lowest BCUT2D eigenvalue weighted by Crippen LogP contribution is -1.84. The fraction of sp³-hybridized carbons (Fsp3) is 0.167. The summed E-state index contributed by atoms with van der Waals surface area (Å²) < 4.78 is 23.6. The van der Waals surface area contributed by atoms with Gasteiger partial charge in [-0.2, -0.15) is 9.97 Å². The molecule has 0 atom stereocenters. The smallest absolute Gasteiger partial charge is 0.316 e. The van der Waals surface area contributed by atoms with Gasteiger partial charge in [0, 0.05) is 12.0 Å². The average molecular weight is 339 g/mol. The maximum atomic E-state index is 13.2. The average Bonchev–Trinajstić information content (AvgIpc) is 3.09. The van der Waals surface area contributed by atoms with Crippen LogP contribution in [0.15, 0.2) is 31.7 Å². The normalized spacial score (nSPS) is 10.9. The zero-order chi connectivity index (χ0) is 14.1. The van der Waals surface area contributed by atoms with Crippen molar-refractivity contribution in [3.05, 3.63) is 34.3 Å². The van der Waals surface area contributed by atoms with Crippen LogP contribution in [0, 0.1) is 5.82 Å². The van der Waals surface area contributed by atoms with Crippen molar-refractivity contribution in [1.82, 2.24) is 20.3 Å². The summed E-state index contributed by atoms with van der Waals surface area (Å²) >= 11 is 3.11. The number of aromatic nitrogens is 4. The molecule has 0 saturated carbocycles. The Morgan fingerprint density at radius 3 is 2.60 bits per heavy atom. The van der Waals surface area contributed by atoms with Crippen molar-refractivity contribution in [3.63, 3.8) is 0 Å². The molecule has 1 aromatic carbocycles. The van der Waals surface area contributed by atoms with Gasteiger partial charge in [-0.3, -0.25) is 0 Å². The van der Waals surface area contributed by atoms with Crippen molar-refractivity contribution in [2.45, 2.75) is 13.3 Å². The number of aryl methyl sites for hydroxylation is 1. The van der Waals surface area contributed by atoms with Crippen LogP contribution in [0.1, 0.15) is 12.7 Å². The number of hydrogen-bond acceptors (Lipinski definition) is 6. The highest BCUT2D eigenvalue weighted by Crippen LogP contribution is 2.25. The standard InChI is InChI=1S/C12H8BrFN4O2/c1-2-9-15-11(19-17-9)12-16-10(18-20-12)6-3-4-8(14)7(13)5-6/h3-5H,2H2,1H3. The lowest BCUT2D eigenvalue weighted by Gasteiger charge is -1.96. The van der Waals surface area contributed by atoms with Gasteiger partial charge < -0.3 is 9.05 Å². The monoisotopic (exact) mass is 338 g/mol. The second kappa shape index (κ2) is 5.12. The molecule has 0 saturated heterocycles. The van der Waals surface area contributed by atoms with Gasteiger partial charge in [-0.05, 0) is 34.1 Å². The Morgan fingerprint density at radius 1 is 1.15 bits per heavy atom. The summed E-state index contributed by atoms with van der Waals surface area (Å²) in [6.45, 7) is 1.91. The van der Waals surface area contributed by atoms with E-state index in [1.54, 1.807) is 12.1 Å². The number of benzene rings is 1. The van der Waals surface area contributed by atoms with Crippen LogP contribution in [0.5, 0.6) is 0 Å². The summed E-state index contributed by atoms with van der Waals surface area (Å²) in [5.41, 5.74) is 0.614. The van der Waals surface area contributed by atoms with Gasteiger partial charge in [0.15, 0.2) is 5.82 Å². The molecule has 6 nitrogen and oxygen atoms in total. The minimum absolute atomic E-state index is 0.132. The van der Waals surface area contributed by atoms with E-state index in [9.17, 15) is 4.39 Å². The predicted molar refractivity (Wildman–Crippen MR) is 70.1 cm³/mol. The van der Waals surface area contributed by atoms with Gasteiger partial charge in [-0.25, -0.2) is 4.39 Å². The van der Waals surface area contributed by atoms with E-state index in [2.05, 4.69) is 36.2 Å². The molecule has 2 aromatic heterocycles. The van der Waals surface area contributed by atoms with E-state index in [1.807, 2.05) is 6.92 Å². The summed E-state index contributed by atoms with van der Waals surface area (Å²) in [6, 6.07) is 4.44. The van der Waals surface area contributed by atoms with Crippen LogP contribution >= 0.6 is 15.9 Å². The van der Waals surface area contributed by atoms with Gasteiger partial charge in [0.05, 0.1) is 4.47 Å². The lowest BCUT2D eigenvalue weighted by molar-refractivity contribution is 0.380. The molecule has 0 unspecified atom stereocenters. The third-order valence-electron chi connectivity index (χ3n) is 2.57. The van der Waals surface area contributed by atoms with E-state index in [0.29, 0.717) is 28.1 Å². The molecule has 20 heavy (non-hydrogen) atoms. The Balaban J connectivity index is 1.95. The molecule has 0 bridgehead atoms. The highest BCUT2D eigenvalue weighted by molar-refractivity contribution is 9.10. The minimum Gasteiger partial charge on any atom is -0.329 e. The molecule has 8 heteroatoms. The minimum atomic E-state index is -0.359. The number of hydrogen-bond donors (Lipinski definition) is 0. The molecule has 0 aliphatic rings. The van der Waals surface area contributed by atoms with Crippen molar-refractivity contribution in [3.8, 4) is 23.2 Å². The van der Waals surface area contributed by atoms with Crippen molar-refractivity contribution < 1.29 is 13.4 Å². The summed E-state index contributed by atoms with van der Waals surface area (Å²) in [5.74, 6) is 0.817. The van der Waals surface area contributed by atoms with Crippen molar-refractivity contribution in [2.24, 2.45) is 0 Å². The molecule has 0 N–H and O–H groups in total. The first-order chi connectivity index (χ1) is 9.67. The molecule has 0 amide bonds. The van der Waals surface area contributed by atoms with E-state index >= 15 is 0 Å². The Labute approximate surface area is 121 Å². The maximum absolute atomic E-state index is 13.2. The molecule has 0 fully saturated rings. The van der Waals surface area contributed by atoms with Crippen molar-refractivity contribution >= 4 is 15.9 Å². The van der Waals surface area contributed by atoms with Gasteiger partial charge in [0.1, 0.15) is 5.82 Å². The maximum Gasteiger partial charge on any atom is 0.316 e. The Bertz CT molecular complexity index is 756. The SMILES string of the molecule is CCc1noc(-c2nc(-c3ccc(F)c(Br)c3)no2)n1. The zero-order valence-electron chi connectivity index (χ0n) is 10.3. The molecule has 3 aromatic rings. The third kappa shape index (κ3) is 2.34. The molecule has 0 spiro atoms. The highest BCUT2D eigenvalue weighted by Gasteiger charge is 2.17. The number of nitrogens with zero attached hydrogens (tertiary/aromatic N) is 4. The molecule has 2 heterocycles. The molecule has 0 aliphatic carbocycles. The van der Waals surface area contributed by atoms with Crippen LogP contribution in [0.4, 0.5) is 4.39 Å². The first kappa shape index (κ1) is 12.9. The van der Waals surface area contributed by atoms with Gasteiger partial charge in [-0.1, -0.05) is 17.2 Å². The van der Waals surface area contributed by atoms with Gasteiger partial charge in [-0.15, -0.1) is 0 Å². The van der Waals surface area contributed by atoms with E-state index in [0.717, 1.165) is 0 Å². The van der Waals surface area contributed by atoms with E-state index in [1.165, 1.54) is 6.07 Å². The van der Waals surface area contributed by atoms with Gasteiger partial charge in [0.25, 0.3) is 0 Å². The molecular weight excluding hydrogens is 331 g/mol. The van der Waals surface area contributed by atoms with E-state index in [-0.39, 0.29) is 17.6 Å². The Kier molecular flexibility index (Phi) is 3.31. The first-order valence-electron chi connectivity index (χ1n) is 5.79. The van der Waals surface area contributed by atoms with E-state index < -0.39 is 0 Å². The lowest BCUT2D eigenvalue weighted by atomic mass is 10.2. The molecule has 3 rings (SSSR count). The second-order valence-corrected chi connectivity index (χ2v) is 4.78. The van der Waals surface area contributed by atoms with Gasteiger partial charge >= 0.3 is 11.8 Å². The molecule has 0 aliphatic heterocycles. The topological polar surface area (TPSA) is 77.8 Å². The summed E-state index contributed by atoms with van der Waals surface area (Å²) in [5, 5.41) is 7.56. The molecule has 0 radical (unpaired) electrons. The van der Waals surface area contributed by atoms with Crippen LogP contribution in [-0.2, 0) is 6.42 Å². The van der Waals surface area contributed by atoms with Crippen molar-refractivity contribution in [2.75, 3.05) is 0 Å². The van der Waals surface area contributed by atoms with Crippen LogP contribution in [0.3, 0.4) is 0 Å². The summed E-state index contributed by atoms with van der Waals surface area (Å²) in [6.07, 6.45) is 0.648. The molecule has 102 valence electrons. The Hall–Kier alpha value is -2.09. The third-order valence-corrected chi connectivity index (χ3v) is 3.18. The zero-order valence-corrected chi connectivity index (χ0v) is 11.9. The quantitative estimate of drug-likeness (QED) is 0.729. The van der Waals surface area contributed by atoms with Crippen LogP contribution in [-0.4, -0.2) is 20.3 Å². The fourth-order valence-electron chi connectivity index (χ4n) is 1.55. The highest BCUT2D eigenvalue weighted by atomic mass is 79.9. The summed E-state index contributed by atoms with van der Waals surface area (Å²) in [7, 11) is 0. The van der Waals surface area contributed by atoms with Gasteiger partial charge in [0.2, 0.25) is 5.82 Å². The van der Waals surface area contributed by atoms with Crippen LogP contribution in [0.2, 0.25) is 0 Å². The first-order valence-corrected chi connectivity index (χ1v) is 6.58. The van der Waals surface area contributed by atoms with Crippen molar-refractivity contribution in [1.29, 1.82) is 0 Å². The second-order valence-electron chi connectivity index (χ2n) is 3.92. The number of halogens is 2.